The molecule has 0 amide bonds. The minimum Gasteiger partial charge on any atom is -0.436 e. The summed E-state index contributed by atoms with van der Waals surface area (Å²) in [7, 11) is 0. The predicted molar refractivity (Wildman–Crippen MR) is 103 cm³/mol. The number of fused-ring (bicyclic) bond motifs is 4. The van der Waals surface area contributed by atoms with Crippen LogP contribution in [0.15, 0.2) is 65.2 Å². The minimum absolute atomic E-state index is 0.433. The van der Waals surface area contributed by atoms with Crippen molar-refractivity contribution in [1.29, 1.82) is 0 Å². The van der Waals surface area contributed by atoms with Crippen molar-refractivity contribution < 1.29 is 4.42 Å². The van der Waals surface area contributed by atoms with E-state index in [9.17, 15) is 0 Å². The first-order chi connectivity index (χ1) is 12.2. The van der Waals surface area contributed by atoms with Crippen molar-refractivity contribution in [3.05, 3.63) is 60.8 Å². The zero-order chi connectivity index (χ0) is 17.0. The van der Waals surface area contributed by atoms with Crippen LogP contribution in [0.5, 0.6) is 0 Å². The average molecular weight is 329 g/mol. The van der Waals surface area contributed by atoms with E-state index >= 15 is 0 Å². The molecule has 0 unspecified atom stereocenters. The topological polar surface area (TPSA) is 32.5 Å². The molecule has 4 nitrogen and oxygen atoms in total. The van der Waals surface area contributed by atoms with Crippen LogP contribution in [0.1, 0.15) is 13.8 Å². The maximum atomic E-state index is 6.14. The molecule has 0 N–H and O–H groups in total. The van der Waals surface area contributed by atoms with Gasteiger partial charge in [0.2, 0.25) is 5.71 Å². The van der Waals surface area contributed by atoms with E-state index < -0.39 is 0 Å². The molecular weight excluding hydrogens is 310 g/mol. The molecule has 0 saturated carbocycles. The zero-order valence-electron chi connectivity index (χ0n) is 14.3. The Morgan fingerprint density at radius 3 is 2.48 bits per heavy atom. The third kappa shape index (κ3) is 2.03. The Morgan fingerprint density at radius 1 is 0.880 bits per heavy atom. The van der Waals surface area contributed by atoms with Gasteiger partial charge in [0.05, 0.1) is 23.7 Å². The second kappa shape index (κ2) is 5.24. The molecule has 2 aromatic carbocycles. The number of rotatable bonds is 2. The summed E-state index contributed by atoms with van der Waals surface area (Å²) in [6.07, 6.45) is 1.77. The van der Waals surface area contributed by atoms with E-state index in [1.54, 1.807) is 6.20 Å². The van der Waals surface area contributed by atoms with E-state index in [2.05, 4.69) is 77.2 Å². The molecule has 124 valence electrons. The molecule has 25 heavy (non-hydrogen) atoms. The van der Waals surface area contributed by atoms with Crippen molar-refractivity contribution in [2.24, 2.45) is 0 Å². The molecule has 0 fully saturated rings. The summed E-state index contributed by atoms with van der Waals surface area (Å²) in [5.74, 6) is 0. The van der Waals surface area contributed by atoms with Gasteiger partial charge in [0.15, 0.2) is 5.58 Å². The van der Waals surface area contributed by atoms with Crippen molar-refractivity contribution >= 4 is 39.1 Å². The summed E-state index contributed by atoms with van der Waals surface area (Å²) in [5, 5.41) is 2.17. The van der Waals surface area contributed by atoms with Crippen LogP contribution in [0, 0.1) is 0 Å². The molecular formula is C21H19N3O. The zero-order valence-corrected chi connectivity index (χ0v) is 14.3. The van der Waals surface area contributed by atoms with Gasteiger partial charge in [-0.25, -0.2) is 4.98 Å². The van der Waals surface area contributed by atoms with E-state index in [-0.39, 0.29) is 0 Å². The Labute approximate surface area is 146 Å². The minimum atomic E-state index is 0.433. The van der Waals surface area contributed by atoms with Gasteiger partial charge in [0, 0.05) is 23.0 Å². The molecule has 0 bridgehead atoms. The lowest BCUT2D eigenvalue weighted by molar-refractivity contribution is 0.651. The van der Waals surface area contributed by atoms with Crippen molar-refractivity contribution in [2.75, 3.05) is 16.5 Å². The number of nitrogens with zero attached hydrogens (tertiary/aromatic N) is 3. The van der Waals surface area contributed by atoms with Gasteiger partial charge < -0.3 is 14.2 Å². The Morgan fingerprint density at radius 2 is 1.64 bits per heavy atom. The first-order valence-corrected chi connectivity index (χ1v) is 8.63. The third-order valence-corrected chi connectivity index (χ3v) is 4.94. The van der Waals surface area contributed by atoms with E-state index in [1.807, 2.05) is 6.07 Å². The number of benzene rings is 2. The molecule has 0 saturated heterocycles. The molecule has 1 aliphatic rings. The molecule has 3 heterocycles. The number of furan rings is 1. The summed E-state index contributed by atoms with van der Waals surface area (Å²) in [6, 6.07) is 19.3. The fourth-order valence-electron chi connectivity index (χ4n) is 3.72. The molecule has 1 aliphatic heterocycles. The van der Waals surface area contributed by atoms with Crippen LogP contribution in [0.25, 0.3) is 22.1 Å². The van der Waals surface area contributed by atoms with Crippen LogP contribution in [-0.2, 0) is 0 Å². The number of hydrogen-bond donors (Lipinski definition) is 0. The van der Waals surface area contributed by atoms with E-state index in [0.717, 1.165) is 28.7 Å². The Hall–Kier alpha value is -3.01. The normalized spacial score (nSPS) is 14.0. The molecule has 0 aliphatic carbocycles. The highest BCUT2D eigenvalue weighted by atomic mass is 16.3. The standard InChI is InChI=1S/C21H19N3O/c1-14(2)23-13-24(18-10-4-3-9-17(18)23)19-11-5-7-15-16-8-6-12-22-21(16)25-20(15)19/h3-12,14H,13H2,1-2H3. The quantitative estimate of drug-likeness (QED) is 0.499. The van der Waals surface area contributed by atoms with Crippen LogP contribution < -0.4 is 9.80 Å². The Kier molecular flexibility index (Phi) is 3.01. The SMILES string of the molecule is CC(C)N1CN(c2cccc3c2oc2ncccc23)c2ccccc21. The Balaban J connectivity index is 1.74. The fourth-order valence-corrected chi connectivity index (χ4v) is 3.72. The van der Waals surface area contributed by atoms with Crippen molar-refractivity contribution in [3.63, 3.8) is 0 Å². The largest absolute Gasteiger partial charge is 0.436 e. The van der Waals surface area contributed by atoms with Gasteiger partial charge in [-0.2, -0.15) is 0 Å². The molecule has 5 rings (SSSR count). The van der Waals surface area contributed by atoms with Gasteiger partial charge in [0.25, 0.3) is 0 Å². The lowest BCUT2D eigenvalue weighted by Crippen LogP contribution is -2.33. The van der Waals surface area contributed by atoms with Crippen molar-refractivity contribution in [3.8, 4) is 0 Å². The number of pyridine rings is 1. The number of aromatic nitrogens is 1. The first kappa shape index (κ1) is 14.3. The third-order valence-electron chi connectivity index (χ3n) is 4.94. The predicted octanol–water partition coefficient (Wildman–Crippen LogP) is 5.31. The highest BCUT2D eigenvalue weighted by Crippen LogP contribution is 2.44. The first-order valence-electron chi connectivity index (χ1n) is 8.63. The lowest BCUT2D eigenvalue weighted by Gasteiger charge is -2.25. The number of para-hydroxylation sites is 3. The second-order valence-electron chi connectivity index (χ2n) is 6.73. The Bertz CT molecular complexity index is 1080. The van der Waals surface area contributed by atoms with Crippen LogP contribution in [0.3, 0.4) is 0 Å². The molecule has 0 atom stereocenters. The van der Waals surface area contributed by atoms with E-state index in [0.29, 0.717) is 11.8 Å². The van der Waals surface area contributed by atoms with Crippen molar-refractivity contribution in [1.82, 2.24) is 4.98 Å². The summed E-state index contributed by atoms with van der Waals surface area (Å²) in [4.78, 5) is 9.12. The maximum Gasteiger partial charge on any atom is 0.227 e. The van der Waals surface area contributed by atoms with Crippen molar-refractivity contribution in [2.45, 2.75) is 19.9 Å². The van der Waals surface area contributed by atoms with Crippen LogP contribution >= 0.6 is 0 Å². The average Bonchev–Trinajstić information content (AvgIpc) is 3.20. The molecule has 0 radical (unpaired) electrons. The monoisotopic (exact) mass is 329 g/mol. The maximum absolute atomic E-state index is 6.14. The summed E-state index contributed by atoms with van der Waals surface area (Å²) < 4.78 is 6.14. The second-order valence-corrected chi connectivity index (χ2v) is 6.73. The van der Waals surface area contributed by atoms with Crippen LogP contribution in [0.2, 0.25) is 0 Å². The van der Waals surface area contributed by atoms with Gasteiger partial charge in [0.1, 0.15) is 0 Å². The van der Waals surface area contributed by atoms with Crippen LogP contribution in [0.4, 0.5) is 17.1 Å². The highest BCUT2D eigenvalue weighted by Gasteiger charge is 2.29. The van der Waals surface area contributed by atoms with E-state index in [4.69, 9.17) is 4.42 Å². The molecule has 0 spiro atoms. The van der Waals surface area contributed by atoms with Gasteiger partial charge in [-0.1, -0.05) is 24.3 Å². The fraction of sp³-hybridized carbons (Fsp3) is 0.190. The lowest BCUT2D eigenvalue weighted by atomic mass is 10.1. The van der Waals surface area contributed by atoms with Gasteiger partial charge >= 0.3 is 0 Å². The molecule has 4 aromatic rings. The van der Waals surface area contributed by atoms with Gasteiger partial charge in [-0.15, -0.1) is 0 Å². The van der Waals surface area contributed by atoms with E-state index in [1.165, 1.54) is 11.4 Å². The van der Waals surface area contributed by atoms with Crippen LogP contribution in [-0.4, -0.2) is 17.7 Å². The summed E-state index contributed by atoms with van der Waals surface area (Å²) >= 11 is 0. The highest BCUT2D eigenvalue weighted by molar-refractivity contribution is 6.09. The number of hydrogen-bond acceptors (Lipinski definition) is 4. The van der Waals surface area contributed by atoms with Gasteiger partial charge in [-0.3, -0.25) is 0 Å². The van der Waals surface area contributed by atoms with Gasteiger partial charge in [-0.05, 0) is 44.2 Å². The summed E-state index contributed by atoms with van der Waals surface area (Å²) in [5.41, 5.74) is 5.17. The smallest absolute Gasteiger partial charge is 0.227 e. The molecule has 2 aromatic heterocycles. The number of anilines is 3. The molecule has 4 heteroatoms. The summed E-state index contributed by atoms with van der Waals surface area (Å²) in [6.45, 7) is 5.28.